The van der Waals surface area contributed by atoms with Crippen molar-refractivity contribution in [3.8, 4) is 0 Å². The zero-order valence-corrected chi connectivity index (χ0v) is 9.61. The van der Waals surface area contributed by atoms with Crippen LogP contribution in [0.25, 0.3) is 21.9 Å². The first-order valence-electron chi connectivity index (χ1n) is 5.53. The molecule has 0 spiro atoms. The standard InChI is InChI=1S/C12H8BNO5/c15-13(16)9-5-8-7-3-1-2-4-11(7)19-12(8)6-10(9)14(17)18/h1-6,15-16H. The Balaban J connectivity index is 2.43. The van der Waals surface area contributed by atoms with Crippen LogP contribution in [0.15, 0.2) is 40.8 Å². The fraction of sp³-hybridized carbons (Fsp3) is 0. The van der Waals surface area contributed by atoms with E-state index in [4.69, 9.17) is 4.42 Å². The highest BCUT2D eigenvalue weighted by Gasteiger charge is 2.26. The van der Waals surface area contributed by atoms with Gasteiger partial charge in [-0.05, 0) is 12.1 Å². The Kier molecular flexibility index (Phi) is 2.51. The Labute approximate surface area is 107 Å². The minimum atomic E-state index is -1.90. The van der Waals surface area contributed by atoms with Gasteiger partial charge in [0.25, 0.3) is 5.69 Å². The van der Waals surface area contributed by atoms with Crippen molar-refractivity contribution >= 4 is 40.2 Å². The van der Waals surface area contributed by atoms with Gasteiger partial charge in [-0.1, -0.05) is 18.2 Å². The second-order valence-corrected chi connectivity index (χ2v) is 4.14. The highest BCUT2D eigenvalue weighted by molar-refractivity contribution is 6.60. The molecule has 0 aliphatic rings. The number of nitro groups is 1. The van der Waals surface area contributed by atoms with Crippen molar-refractivity contribution in [3.05, 3.63) is 46.5 Å². The summed E-state index contributed by atoms with van der Waals surface area (Å²) in [6, 6.07) is 9.75. The molecule has 0 bridgehead atoms. The molecule has 94 valence electrons. The van der Waals surface area contributed by atoms with E-state index in [0.29, 0.717) is 16.6 Å². The number of benzene rings is 2. The van der Waals surface area contributed by atoms with Gasteiger partial charge in [0.15, 0.2) is 0 Å². The van der Waals surface area contributed by atoms with Gasteiger partial charge in [-0.3, -0.25) is 10.1 Å². The molecular formula is C12H8BNO5. The summed E-state index contributed by atoms with van der Waals surface area (Å²) in [5.74, 6) is 0. The largest absolute Gasteiger partial charge is 0.495 e. The molecule has 0 aliphatic carbocycles. The van der Waals surface area contributed by atoms with Crippen LogP contribution >= 0.6 is 0 Å². The summed E-state index contributed by atoms with van der Waals surface area (Å²) < 4.78 is 5.51. The van der Waals surface area contributed by atoms with Crippen LogP contribution in [0.1, 0.15) is 0 Å². The van der Waals surface area contributed by atoms with E-state index in [1.54, 1.807) is 18.2 Å². The van der Waals surface area contributed by atoms with E-state index in [1.807, 2.05) is 6.07 Å². The number of nitro benzene ring substituents is 1. The van der Waals surface area contributed by atoms with E-state index in [2.05, 4.69) is 0 Å². The van der Waals surface area contributed by atoms with Crippen molar-refractivity contribution < 1.29 is 19.4 Å². The van der Waals surface area contributed by atoms with Crippen molar-refractivity contribution in [2.24, 2.45) is 0 Å². The van der Waals surface area contributed by atoms with Crippen molar-refractivity contribution in [3.63, 3.8) is 0 Å². The molecule has 0 amide bonds. The fourth-order valence-corrected chi connectivity index (χ4v) is 2.14. The third kappa shape index (κ3) is 1.76. The number of hydrogen-bond donors (Lipinski definition) is 2. The Bertz CT molecular complexity index is 795. The quantitative estimate of drug-likeness (QED) is 0.408. The van der Waals surface area contributed by atoms with Crippen LogP contribution in [-0.2, 0) is 0 Å². The number of fused-ring (bicyclic) bond motifs is 3. The molecule has 0 saturated heterocycles. The third-order valence-corrected chi connectivity index (χ3v) is 3.00. The summed E-state index contributed by atoms with van der Waals surface area (Å²) in [7, 11) is -1.90. The Morgan fingerprint density at radius 2 is 1.84 bits per heavy atom. The lowest BCUT2D eigenvalue weighted by atomic mass is 9.78. The second-order valence-electron chi connectivity index (χ2n) is 4.14. The Morgan fingerprint density at radius 3 is 2.53 bits per heavy atom. The molecule has 6 nitrogen and oxygen atoms in total. The summed E-state index contributed by atoms with van der Waals surface area (Å²) in [6.45, 7) is 0. The van der Waals surface area contributed by atoms with Crippen molar-refractivity contribution in [2.75, 3.05) is 0 Å². The average molecular weight is 257 g/mol. The lowest BCUT2D eigenvalue weighted by Crippen LogP contribution is -2.31. The fourth-order valence-electron chi connectivity index (χ4n) is 2.14. The molecule has 2 N–H and O–H groups in total. The first-order chi connectivity index (χ1) is 9.08. The number of hydrogen-bond acceptors (Lipinski definition) is 5. The lowest BCUT2D eigenvalue weighted by molar-refractivity contribution is -0.383. The van der Waals surface area contributed by atoms with Crippen LogP contribution in [0.5, 0.6) is 0 Å². The highest BCUT2D eigenvalue weighted by Crippen LogP contribution is 2.30. The topological polar surface area (TPSA) is 96.7 Å². The Hall–Kier alpha value is -2.38. The van der Waals surface area contributed by atoms with Gasteiger partial charge in [0.2, 0.25) is 0 Å². The summed E-state index contributed by atoms with van der Waals surface area (Å²) >= 11 is 0. The highest BCUT2D eigenvalue weighted by atomic mass is 16.6. The zero-order valence-electron chi connectivity index (χ0n) is 9.61. The van der Waals surface area contributed by atoms with Gasteiger partial charge in [-0.25, -0.2) is 0 Å². The third-order valence-electron chi connectivity index (χ3n) is 3.00. The zero-order chi connectivity index (χ0) is 13.6. The van der Waals surface area contributed by atoms with E-state index in [9.17, 15) is 20.2 Å². The first kappa shape index (κ1) is 11.7. The summed E-state index contributed by atoms with van der Waals surface area (Å²) in [6.07, 6.45) is 0. The molecular weight excluding hydrogens is 249 g/mol. The average Bonchev–Trinajstić information content (AvgIpc) is 2.74. The van der Waals surface area contributed by atoms with Crippen LogP contribution < -0.4 is 5.46 Å². The number of furan rings is 1. The predicted octanol–water partition coefficient (Wildman–Crippen LogP) is 1.17. The van der Waals surface area contributed by atoms with Crippen LogP contribution in [0.4, 0.5) is 5.69 Å². The molecule has 0 saturated carbocycles. The van der Waals surface area contributed by atoms with Crippen molar-refractivity contribution in [1.29, 1.82) is 0 Å². The van der Waals surface area contributed by atoms with E-state index >= 15 is 0 Å². The van der Waals surface area contributed by atoms with Crippen LogP contribution in [-0.4, -0.2) is 22.1 Å². The molecule has 0 aliphatic heterocycles. The van der Waals surface area contributed by atoms with E-state index < -0.39 is 12.0 Å². The SMILES string of the molecule is O=[N+]([O-])c1cc2oc3ccccc3c2cc1B(O)O. The molecule has 0 unspecified atom stereocenters. The van der Waals surface area contributed by atoms with E-state index in [1.165, 1.54) is 12.1 Å². The molecule has 0 radical (unpaired) electrons. The molecule has 3 aromatic rings. The predicted molar refractivity (Wildman–Crippen MR) is 70.2 cm³/mol. The monoisotopic (exact) mass is 257 g/mol. The second kappa shape index (κ2) is 4.08. The van der Waals surface area contributed by atoms with Gasteiger partial charge < -0.3 is 14.5 Å². The van der Waals surface area contributed by atoms with Gasteiger partial charge in [0.1, 0.15) is 11.2 Å². The maximum atomic E-state index is 10.9. The lowest BCUT2D eigenvalue weighted by Gasteiger charge is -2.01. The van der Waals surface area contributed by atoms with Gasteiger partial charge in [0.05, 0.1) is 16.5 Å². The molecule has 1 aromatic heterocycles. The first-order valence-corrected chi connectivity index (χ1v) is 5.53. The van der Waals surface area contributed by atoms with Gasteiger partial charge in [0, 0.05) is 10.8 Å². The minimum Gasteiger partial charge on any atom is -0.456 e. The van der Waals surface area contributed by atoms with Gasteiger partial charge in [-0.15, -0.1) is 0 Å². The molecule has 3 rings (SSSR count). The van der Waals surface area contributed by atoms with E-state index in [0.717, 1.165) is 5.39 Å². The van der Waals surface area contributed by atoms with Crippen LogP contribution in [0.2, 0.25) is 0 Å². The number of para-hydroxylation sites is 1. The maximum Gasteiger partial charge on any atom is 0.495 e. The Morgan fingerprint density at radius 1 is 1.11 bits per heavy atom. The molecule has 7 heteroatoms. The van der Waals surface area contributed by atoms with Gasteiger partial charge >= 0.3 is 7.12 Å². The van der Waals surface area contributed by atoms with Crippen molar-refractivity contribution in [1.82, 2.24) is 0 Å². The molecule has 1 heterocycles. The normalized spacial score (nSPS) is 11.1. The molecule has 19 heavy (non-hydrogen) atoms. The molecule has 0 atom stereocenters. The smallest absolute Gasteiger partial charge is 0.456 e. The summed E-state index contributed by atoms with van der Waals surface area (Å²) in [5, 5.41) is 30.8. The number of rotatable bonds is 2. The summed E-state index contributed by atoms with van der Waals surface area (Å²) in [5.41, 5.74) is 0.416. The minimum absolute atomic E-state index is 0.149. The van der Waals surface area contributed by atoms with Crippen LogP contribution in [0, 0.1) is 10.1 Å². The van der Waals surface area contributed by atoms with Gasteiger partial charge in [-0.2, -0.15) is 0 Å². The van der Waals surface area contributed by atoms with Crippen molar-refractivity contribution in [2.45, 2.75) is 0 Å². The maximum absolute atomic E-state index is 10.9. The molecule has 0 fully saturated rings. The summed E-state index contributed by atoms with van der Waals surface area (Å²) in [4.78, 5) is 10.3. The number of nitrogens with zero attached hydrogens (tertiary/aromatic N) is 1. The molecule has 2 aromatic carbocycles. The van der Waals surface area contributed by atoms with Crippen LogP contribution in [0.3, 0.4) is 0 Å². The van der Waals surface area contributed by atoms with E-state index in [-0.39, 0.29) is 11.2 Å².